The van der Waals surface area contributed by atoms with Gasteiger partial charge in [-0.2, -0.15) is 0 Å². The van der Waals surface area contributed by atoms with Crippen molar-refractivity contribution in [2.24, 2.45) is 5.41 Å². The third kappa shape index (κ3) is 2.66. The van der Waals surface area contributed by atoms with Crippen LogP contribution in [0, 0.1) is 5.41 Å². The van der Waals surface area contributed by atoms with Crippen LogP contribution in [0.25, 0.3) is 0 Å². The molecule has 1 N–H and O–H groups in total. The smallest absolute Gasteiger partial charge is 0.251 e. The van der Waals surface area contributed by atoms with Crippen molar-refractivity contribution in [1.29, 1.82) is 0 Å². The molecule has 1 spiro atoms. The number of carbonyl (C=O) groups is 1. The van der Waals surface area contributed by atoms with Crippen molar-refractivity contribution in [3.05, 3.63) is 35.4 Å². The van der Waals surface area contributed by atoms with Crippen LogP contribution in [-0.4, -0.2) is 31.8 Å². The van der Waals surface area contributed by atoms with E-state index in [2.05, 4.69) is 5.32 Å². The number of amides is 1. The standard InChI is InChI=1S/C18H25NO3/c1-3-22-16-11-15(18(16)8-5-9-18)19-17(20)14-7-4-6-13(10-14)12-21-2/h4,6-7,10,15-16H,3,5,8-9,11-12H2,1-2H3,(H,19,20)/t15-,16+/m0/s1. The molecule has 0 aromatic heterocycles. The summed E-state index contributed by atoms with van der Waals surface area (Å²) in [6.45, 7) is 3.33. The molecule has 0 radical (unpaired) electrons. The first-order valence-corrected chi connectivity index (χ1v) is 8.20. The third-order valence-corrected chi connectivity index (χ3v) is 5.24. The van der Waals surface area contributed by atoms with Crippen LogP contribution in [0.15, 0.2) is 24.3 Å². The molecule has 0 heterocycles. The van der Waals surface area contributed by atoms with Crippen LogP contribution >= 0.6 is 0 Å². The predicted molar refractivity (Wildman–Crippen MR) is 84.7 cm³/mol. The first-order chi connectivity index (χ1) is 10.7. The van der Waals surface area contributed by atoms with Gasteiger partial charge < -0.3 is 14.8 Å². The van der Waals surface area contributed by atoms with Crippen LogP contribution in [0.4, 0.5) is 0 Å². The monoisotopic (exact) mass is 303 g/mol. The van der Waals surface area contributed by atoms with E-state index in [1.165, 1.54) is 19.3 Å². The highest BCUT2D eigenvalue weighted by Crippen LogP contribution is 2.57. The van der Waals surface area contributed by atoms with E-state index in [4.69, 9.17) is 9.47 Å². The highest BCUT2D eigenvalue weighted by molar-refractivity contribution is 5.94. The first-order valence-electron chi connectivity index (χ1n) is 8.20. The van der Waals surface area contributed by atoms with E-state index in [9.17, 15) is 4.79 Å². The summed E-state index contributed by atoms with van der Waals surface area (Å²) in [5, 5.41) is 3.22. The Labute approximate surface area is 132 Å². The quantitative estimate of drug-likeness (QED) is 0.879. The van der Waals surface area contributed by atoms with E-state index in [1.54, 1.807) is 7.11 Å². The van der Waals surface area contributed by atoms with Crippen molar-refractivity contribution in [2.75, 3.05) is 13.7 Å². The molecule has 0 saturated heterocycles. The summed E-state index contributed by atoms with van der Waals surface area (Å²) in [6.07, 6.45) is 4.87. The van der Waals surface area contributed by atoms with Gasteiger partial charge in [-0.05, 0) is 43.9 Å². The van der Waals surface area contributed by atoms with Crippen molar-refractivity contribution < 1.29 is 14.3 Å². The van der Waals surface area contributed by atoms with Crippen molar-refractivity contribution >= 4 is 5.91 Å². The molecule has 120 valence electrons. The lowest BCUT2D eigenvalue weighted by Gasteiger charge is -2.61. The van der Waals surface area contributed by atoms with Crippen molar-refractivity contribution in [3.8, 4) is 0 Å². The molecule has 2 aliphatic rings. The van der Waals surface area contributed by atoms with Crippen LogP contribution in [0.1, 0.15) is 48.5 Å². The zero-order valence-corrected chi connectivity index (χ0v) is 13.4. The lowest BCUT2D eigenvalue weighted by Crippen LogP contribution is -2.67. The Morgan fingerprint density at radius 2 is 2.23 bits per heavy atom. The fraction of sp³-hybridized carbons (Fsp3) is 0.611. The molecule has 4 nitrogen and oxygen atoms in total. The SMILES string of the molecule is CCO[C@@H]1C[C@H](NC(=O)c2cccc(COC)c2)C12CCC2. The van der Waals surface area contributed by atoms with Gasteiger partial charge in [-0.15, -0.1) is 0 Å². The highest BCUT2D eigenvalue weighted by atomic mass is 16.5. The predicted octanol–water partition coefficient (Wildman–Crippen LogP) is 2.91. The second kappa shape index (κ2) is 6.39. The van der Waals surface area contributed by atoms with Crippen LogP contribution in [0.2, 0.25) is 0 Å². The second-order valence-corrected chi connectivity index (χ2v) is 6.43. The van der Waals surface area contributed by atoms with E-state index in [0.717, 1.165) is 18.6 Å². The normalized spacial score (nSPS) is 25.4. The maximum atomic E-state index is 12.5. The molecule has 1 aromatic rings. The van der Waals surface area contributed by atoms with E-state index >= 15 is 0 Å². The number of benzene rings is 1. The Morgan fingerprint density at radius 1 is 1.41 bits per heavy atom. The van der Waals surface area contributed by atoms with Gasteiger partial charge >= 0.3 is 0 Å². The summed E-state index contributed by atoms with van der Waals surface area (Å²) in [6, 6.07) is 7.91. The largest absolute Gasteiger partial charge is 0.380 e. The van der Waals surface area contributed by atoms with Gasteiger partial charge in [-0.25, -0.2) is 0 Å². The third-order valence-electron chi connectivity index (χ3n) is 5.24. The molecule has 22 heavy (non-hydrogen) atoms. The Kier molecular flexibility index (Phi) is 4.50. The zero-order valence-electron chi connectivity index (χ0n) is 13.4. The summed E-state index contributed by atoms with van der Waals surface area (Å²) < 4.78 is 11.0. The Morgan fingerprint density at radius 3 is 2.86 bits per heavy atom. The Hall–Kier alpha value is -1.39. The molecule has 0 unspecified atom stereocenters. The lowest BCUT2D eigenvalue weighted by atomic mass is 9.51. The minimum absolute atomic E-state index is 0.0178. The van der Waals surface area contributed by atoms with Gasteiger partial charge in [0.05, 0.1) is 12.7 Å². The maximum Gasteiger partial charge on any atom is 0.251 e. The van der Waals surface area contributed by atoms with Crippen molar-refractivity contribution in [3.63, 3.8) is 0 Å². The van der Waals surface area contributed by atoms with E-state index in [1.807, 2.05) is 31.2 Å². The molecule has 0 bridgehead atoms. The number of hydrogen-bond donors (Lipinski definition) is 1. The van der Waals surface area contributed by atoms with Crippen LogP contribution in [-0.2, 0) is 16.1 Å². The van der Waals surface area contributed by atoms with E-state index < -0.39 is 0 Å². The van der Waals surface area contributed by atoms with Gasteiger partial charge in [-0.3, -0.25) is 4.79 Å². The highest BCUT2D eigenvalue weighted by Gasteiger charge is 2.59. The second-order valence-electron chi connectivity index (χ2n) is 6.43. The minimum Gasteiger partial charge on any atom is -0.380 e. The van der Waals surface area contributed by atoms with Crippen molar-refractivity contribution in [2.45, 2.75) is 51.4 Å². The first kappa shape index (κ1) is 15.5. The van der Waals surface area contributed by atoms with Crippen molar-refractivity contribution in [1.82, 2.24) is 5.32 Å². The summed E-state index contributed by atoms with van der Waals surface area (Å²) >= 11 is 0. The lowest BCUT2D eigenvalue weighted by molar-refractivity contribution is -0.169. The van der Waals surface area contributed by atoms with Crippen LogP contribution in [0.3, 0.4) is 0 Å². The summed E-state index contributed by atoms with van der Waals surface area (Å²) in [4.78, 5) is 12.5. The molecule has 2 aliphatic carbocycles. The number of hydrogen-bond acceptors (Lipinski definition) is 3. The number of ether oxygens (including phenoxy) is 2. The molecule has 1 aromatic carbocycles. The molecule has 0 aliphatic heterocycles. The topological polar surface area (TPSA) is 47.6 Å². The number of rotatable bonds is 6. The minimum atomic E-state index is 0.0178. The zero-order chi connectivity index (χ0) is 15.6. The average Bonchev–Trinajstić information content (AvgIpc) is 2.45. The molecule has 4 heteroatoms. The molecular formula is C18H25NO3. The van der Waals surface area contributed by atoms with Gasteiger partial charge in [0.1, 0.15) is 0 Å². The Bertz CT molecular complexity index is 539. The molecule has 3 rings (SSSR count). The fourth-order valence-electron chi connectivity index (χ4n) is 3.85. The molecule has 2 atom stereocenters. The van der Waals surface area contributed by atoms with Crippen LogP contribution < -0.4 is 5.32 Å². The number of nitrogens with one attached hydrogen (secondary N) is 1. The molecule has 1 amide bonds. The van der Waals surface area contributed by atoms with Gasteiger partial charge in [0.15, 0.2) is 0 Å². The van der Waals surface area contributed by atoms with Gasteiger partial charge in [0.2, 0.25) is 0 Å². The van der Waals surface area contributed by atoms with E-state index in [-0.39, 0.29) is 17.4 Å². The van der Waals surface area contributed by atoms with E-state index in [0.29, 0.717) is 18.3 Å². The fourth-order valence-corrected chi connectivity index (χ4v) is 3.85. The van der Waals surface area contributed by atoms with Gasteiger partial charge in [-0.1, -0.05) is 18.6 Å². The number of carbonyl (C=O) groups excluding carboxylic acids is 1. The van der Waals surface area contributed by atoms with Gasteiger partial charge in [0.25, 0.3) is 5.91 Å². The summed E-state index contributed by atoms with van der Waals surface area (Å²) in [5.74, 6) is 0.0178. The molecule has 2 saturated carbocycles. The summed E-state index contributed by atoms with van der Waals surface area (Å²) in [7, 11) is 1.66. The molecular weight excluding hydrogens is 278 g/mol. The average molecular weight is 303 g/mol. The van der Waals surface area contributed by atoms with Gasteiger partial charge in [0, 0.05) is 30.7 Å². The van der Waals surface area contributed by atoms with Crippen LogP contribution in [0.5, 0.6) is 0 Å². The summed E-state index contributed by atoms with van der Waals surface area (Å²) in [5.41, 5.74) is 1.94. The maximum absolute atomic E-state index is 12.5. The Balaban J connectivity index is 1.64. The number of methoxy groups -OCH3 is 1. The molecule has 2 fully saturated rings.